The van der Waals surface area contributed by atoms with Gasteiger partial charge in [-0.15, -0.1) is 0 Å². The molecule has 2 amide bonds. The predicted octanol–water partition coefficient (Wildman–Crippen LogP) is 1.61. The van der Waals surface area contributed by atoms with Crippen molar-refractivity contribution in [1.29, 1.82) is 0 Å². The van der Waals surface area contributed by atoms with Gasteiger partial charge in [0.2, 0.25) is 5.91 Å². The molecule has 24 heavy (non-hydrogen) atoms. The summed E-state index contributed by atoms with van der Waals surface area (Å²) in [5.74, 6) is 0.387. The fraction of sp³-hybridized carbons (Fsp3) is 0.176. The molecule has 2 aromatic rings. The molecular formula is C17H19N3O4. The lowest BCUT2D eigenvalue weighted by molar-refractivity contribution is -0.118. The number of carbonyl (C=O) groups is 2. The van der Waals surface area contributed by atoms with Crippen molar-refractivity contribution in [3.63, 3.8) is 0 Å². The molecule has 2 aromatic carbocycles. The van der Waals surface area contributed by atoms with Gasteiger partial charge < -0.3 is 25.8 Å². The Bertz CT molecular complexity index is 704. The number of methoxy groups -OCH3 is 1. The topological polar surface area (TPSA) is 103 Å². The lowest BCUT2D eigenvalue weighted by Gasteiger charge is -2.13. The minimum Gasteiger partial charge on any atom is -0.494 e. The average molecular weight is 329 g/mol. The zero-order valence-corrected chi connectivity index (χ0v) is 13.2. The van der Waals surface area contributed by atoms with E-state index >= 15 is 0 Å². The Labute approximate surface area is 139 Å². The van der Waals surface area contributed by atoms with Gasteiger partial charge >= 0.3 is 0 Å². The first-order chi connectivity index (χ1) is 11.6. The molecule has 0 aliphatic rings. The number of hydrogen-bond donors (Lipinski definition) is 3. The maximum absolute atomic E-state index is 12.0. The Balaban J connectivity index is 1.98. The molecule has 0 bridgehead atoms. The molecule has 4 N–H and O–H groups in total. The lowest BCUT2D eigenvalue weighted by atomic mass is 10.2. The van der Waals surface area contributed by atoms with E-state index in [2.05, 4.69) is 10.6 Å². The summed E-state index contributed by atoms with van der Waals surface area (Å²) in [7, 11) is 1.47. The van der Waals surface area contributed by atoms with Gasteiger partial charge in [0.1, 0.15) is 11.5 Å². The molecule has 0 spiro atoms. The average Bonchev–Trinajstić information content (AvgIpc) is 2.62. The molecule has 0 aliphatic heterocycles. The summed E-state index contributed by atoms with van der Waals surface area (Å²) in [6.45, 7) is -0.240. The monoisotopic (exact) mass is 329 g/mol. The molecule has 126 valence electrons. The molecule has 2 rings (SSSR count). The minimum atomic E-state index is -0.323. The number of ether oxygens (including phenoxy) is 2. The zero-order chi connectivity index (χ0) is 17.4. The van der Waals surface area contributed by atoms with Gasteiger partial charge in [0.05, 0.1) is 19.3 Å². The van der Waals surface area contributed by atoms with Gasteiger partial charge in [-0.1, -0.05) is 18.2 Å². The van der Waals surface area contributed by atoms with Gasteiger partial charge in [-0.25, -0.2) is 0 Å². The van der Waals surface area contributed by atoms with Crippen molar-refractivity contribution in [2.24, 2.45) is 5.73 Å². The third-order valence-electron chi connectivity index (χ3n) is 3.06. The zero-order valence-electron chi connectivity index (χ0n) is 13.2. The second kappa shape index (κ2) is 8.54. The maximum Gasteiger partial charge on any atom is 0.262 e. The fourth-order valence-corrected chi connectivity index (χ4v) is 1.94. The van der Waals surface area contributed by atoms with E-state index in [4.69, 9.17) is 15.2 Å². The first kappa shape index (κ1) is 17.3. The molecule has 0 aromatic heterocycles. The first-order valence-electron chi connectivity index (χ1n) is 7.28. The van der Waals surface area contributed by atoms with Crippen molar-refractivity contribution in [3.05, 3.63) is 48.5 Å². The van der Waals surface area contributed by atoms with E-state index in [0.29, 0.717) is 22.9 Å². The van der Waals surface area contributed by atoms with E-state index in [0.717, 1.165) is 0 Å². The molecule has 0 aliphatic carbocycles. The molecule has 0 unspecified atom stereocenters. The second-order valence-electron chi connectivity index (χ2n) is 4.82. The van der Waals surface area contributed by atoms with Crippen molar-refractivity contribution in [2.75, 3.05) is 30.9 Å². The van der Waals surface area contributed by atoms with E-state index in [1.165, 1.54) is 7.11 Å². The van der Waals surface area contributed by atoms with Gasteiger partial charge in [-0.05, 0) is 24.3 Å². The minimum absolute atomic E-state index is 0.113. The van der Waals surface area contributed by atoms with Crippen LogP contribution in [0.3, 0.4) is 0 Å². The van der Waals surface area contributed by atoms with Gasteiger partial charge in [0.25, 0.3) is 5.91 Å². The highest BCUT2D eigenvalue weighted by atomic mass is 16.5. The highest BCUT2D eigenvalue weighted by Crippen LogP contribution is 2.28. The molecule has 7 nitrogen and oxygen atoms in total. The Morgan fingerprint density at radius 1 is 1.04 bits per heavy atom. The number of nitrogens with one attached hydrogen (secondary N) is 2. The van der Waals surface area contributed by atoms with Crippen LogP contribution in [0.15, 0.2) is 48.5 Å². The number of nitrogens with two attached hydrogens (primary N) is 1. The van der Waals surface area contributed by atoms with Gasteiger partial charge in [0.15, 0.2) is 6.61 Å². The Kier molecular flexibility index (Phi) is 6.16. The van der Waals surface area contributed by atoms with Gasteiger partial charge in [0, 0.05) is 11.8 Å². The van der Waals surface area contributed by atoms with Crippen LogP contribution >= 0.6 is 0 Å². The summed E-state index contributed by atoms with van der Waals surface area (Å²) in [6, 6.07) is 13.9. The van der Waals surface area contributed by atoms with Crippen molar-refractivity contribution >= 4 is 23.2 Å². The van der Waals surface area contributed by atoms with Crippen LogP contribution in [0.2, 0.25) is 0 Å². The third kappa shape index (κ3) is 4.99. The van der Waals surface area contributed by atoms with Crippen LogP contribution in [0.25, 0.3) is 0 Å². The van der Waals surface area contributed by atoms with E-state index in [9.17, 15) is 9.59 Å². The molecule has 0 fully saturated rings. The second-order valence-corrected chi connectivity index (χ2v) is 4.82. The fourth-order valence-electron chi connectivity index (χ4n) is 1.94. The number of rotatable bonds is 7. The molecule has 0 atom stereocenters. The molecular weight excluding hydrogens is 310 g/mol. The standard InChI is InChI=1S/C17H19N3O4/c1-23-15-9-12(19-16(21)10-18)7-8-14(15)20-17(22)11-24-13-5-3-2-4-6-13/h2-9H,10-11,18H2,1H3,(H,19,21)(H,20,22). The predicted molar refractivity (Wildman–Crippen MR) is 91.2 cm³/mol. The van der Waals surface area contributed by atoms with E-state index in [1.54, 1.807) is 30.3 Å². The van der Waals surface area contributed by atoms with Crippen LogP contribution in [0, 0.1) is 0 Å². The summed E-state index contributed by atoms with van der Waals surface area (Å²) in [5, 5.41) is 5.31. The summed E-state index contributed by atoms with van der Waals surface area (Å²) in [6.07, 6.45) is 0. The van der Waals surface area contributed by atoms with Crippen molar-refractivity contribution < 1.29 is 19.1 Å². The summed E-state index contributed by atoms with van der Waals surface area (Å²) < 4.78 is 10.6. The van der Waals surface area contributed by atoms with Crippen molar-refractivity contribution in [2.45, 2.75) is 0 Å². The van der Waals surface area contributed by atoms with E-state index in [1.807, 2.05) is 18.2 Å². The van der Waals surface area contributed by atoms with Crippen molar-refractivity contribution in [3.8, 4) is 11.5 Å². The number of amides is 2. The smallest absolute Gasteiger partial charge is 0.262 e. The van der Waals surface area contributed by atoms with Gasteiger partial charge in [-0.2, -0.15) is 0 Å². The van der Waals surface area contributed by atoms with Crippen molar-refractivity contribution in [1.82, 2.24) is 0 Å². The number of anilines is 2. The molecule has 7 heteroatoms. The molecule has 0 radical (unpaired) electrons. The highest BCUT2D eigenvalue weighted by molar-refractivity contribution is 5.95. The Morgan fingerprint density at radius 2 is 1.79 bits per heavy atom. The largest absolute Gasteiger partial charge is 0.494 e. The molecule has 0 saturated heterocycles. The maximum atomic E-state index is 12.0. The number of hydrogen-bond acceptors (Lipinski definition) is 5. The molecule has 0 saturated carbocycles. The Hall–Kier alpha value is -3.06. The van der Waals surface area contributed by atoms with Crippen LogP contribution in [0.5, 0.6) is 11.5 Å². The Morgan fingerprint density at radius 3 is 2.46 bits per heavy atom. The normalized spacial score (nSPS) is 9.92. The van der Waals surface area contributed by atoms with E-state index < -0.39 is 0 Å². The van der Waals surface area contributed by atoms with E-state index in [-0.39, 0.29) is 25.0 Å². The van der Waals surface area contributed by atoms with Crippen LogP contribution in [0.1, 0.15) is 0 Å². The summed E-state index contributed by atoms with van der Waals surface area (Å²) >= 11 is 0. The number of carbonyl (C=O) groups excluding carboxylic acids is 2. The van der Waals surface area contributed by atoms with Crippen LogP contribution in [-0.2, 0) is 9.59 Å². The number of para-hydroxylation sites is 1. The summed E-state index contributed by atoms with van der Waals surface area (Å²) in [5.41, 5.74) is 6.26. The highest BCUT2D eigenvalue weighted by Gasteiger charge is 2.10. The van der Waals surface area contributed by atoms with Crippen LogP contribution < -0.4 is 25.8 Å². The SMILES string of the molecule is COc1cc(NC(=O)CN)ccc1NC(=O)COc1ccccc1. The first-order valence-corrected chi connectivity index (χ1v) is 7.28. The van der Waals surface area contributed by atoms with Crippen LogP contribution in [0.4, 0.5) is 11.4 Å². The van der Waals surface area contributed by atoms with Gasteiger partial charge in [-0.3, -0.25) is 9.59 Å². The van der Waals surface area contributed by atoms with Crippen LogP contribution in [-0.4, -0.2) is 32.1 Å². The lowest BCUT2D eigenvalue weighted by Crippen LogP contribution is -2.22. The third-order valence-corrected chi connectivity index (χ3v) is 3.06. The summed E-state index contributed by atoms with van der Waals surface area (Å²) in [4.78, 5) is 23.3. The quantitative estimate of drug-likeness (QED) is 0.716. The molecule has 0 heterocycles. The number of benzene rings is 2.